The van der Waals surface area contributed by atoms with Crippen molar-refractivity contribution in [1.29, 1.82) is 0 Å². The Hall–Kier alpha value is -0.940. The number of ether oxygens (including phenoxy) is 1. The first-order valence-electron chi connectivity index (χ1n) is 8.40. The fourth-order valence-corrected chi connectivity index (χ4v) is 3.33. The number of aliphatic hydroxyl groups excluding tert-OH is 1. The SMILES string of the molecule is CCOC(c1noc(CC(O)C2CC2)n1)C1CCCCC1. The molecule has 3 rings (SSSR count). The topological polar surface area (TPSA) is 68.4 Å². The molecular weight excluding hydrogens is 268 g/mol. The zero-order valence-corrected chi connectivity index (χ0v) is 12.8. The highest BCUT2D eigenvalue weighted by Crippen LogP contribution is 2.36. The summed E-state index contributed by atoms with van der Waals surface area (Å²) in [6.07, 6.45) is 8.53. The Morgan fingerprint density at radius 1 is 1.19 bits per heavy atom. The Labute approximate surface area is 126 Å². The minimum atomic E-state index is -0.335. The van der Waals surface area contributed by atoms with Gasteiger partial charge in [0.25, 0.3) is 0 Å². The molecule has 2 unspecified atom stereocenters. The Balaban J connectivity index is 1.65. The molecule has 0 saturated heterocycles. The molecule has 2 aliphatic carbocycles. The van der Waals surface area contributed by atoms with Crippen molar-refractivity contribution in [1.82, 2.24) is 10.1 Å². The molecule has 0 bridgehead atoms. The van der Waals surface area contributed by atoms with E-state index < -0.39 is 0 Å². The van der Waals surface area contributed by atoms with E-state index in [1.54, 1.807) is 0 Å². The summed E-state index contributed by atoms with van der Waals surface area (Å²) in [7, 11) is 0. The highest BCUT2D eigenvalue weighted by atomic mass is 16.5. The predicted octanol–water partition coefficient (Wildman–Crippen LogP) is 3.04. The Bertz CT molecular complexity index is 438. The highest BCUT2D eigenvalue weighted by molar-refractivity contribution is 4.97. The van der Waals surface area contributed by atoms with Crippen LogP contribution in [0, 0.1) is 11.8 Å². The fourth-order valence-electron chi connectivity index (χ4n) is 3.33. The lowest BCUT2D eigenvalue weighted by Gasteiger charge is -2.27. The van der Waals surface area contributed by atoms with Crippen molar-refractivity contribution in [3.8, 4) is 0 Å². The van der Waals surface area contributed by atoms with E-state index in [9.17, 15) is 5.11 Å². The van der Waals surface area contributed by atoms with Crippen molar-refractivity contribution in [2.45, 2.75) is 70.5 Å². The van der Waals surface area contributed by atoms with E-state index in [1.807, 2.05) is 6.92 Å². The summed E-state index contributed by atoms with van der Waals surface area (Å²) in [5.41, 5.74) is 0. The van der Waals surface area contributed by atoms with Crippen LogP contribution in [0.1, 0.15) is 69.7 Å². The summed E-state index contributed by atoms with van der Waals surface area (Å²) in [6, 6.07) is 0. The lowest BCUT2D eigenvalue weighted by atomic mass is 9.85. The summed E-state index contributed by atoms with van der Waals surface area (Å²) in [5.74, 6) is 2.14. The Kier molecular flexibility index (Phi) is 4.91. The van der Waals surface area contributed by atoms with Gasteiger partial charge in [-0.2, -0.15) is 4.98 Å². The third-order valence-corrected chi connectivity index (χ3v) is 4.71. The number of nitrogens with zero attached hydrogens (tertiary/aromatic N) is 2. The molecule has 0 spiro atoms. The molecule has 21 heavy (non-hydrogen) atoms. The summed E-state index contributed by atoms with van der Waals surface area (Å²) in [4.78, 5) is 4.49. The number of aliphatic hydroxyl groups is 1. The lowest BCUT2D eigenvalue weighted by molar-refractivity contribution is -0.00145. The van der Waals surface area contributed by atoms with Crippen LogP contribution in [0.15, 0.2) is 4.52 Å². The van der Waals surface area contributed by atoms with Crippen LogP contribution < -0.4 is 0 Å². The lowest BCUT2D eigenvalue weighted by Crippen LogP contribution is -2.20. The zero-order valence-electron chi connectivity index (χ0n) is 12.8. The second-order valence-corrected chi connectivity index (χ2v) is 6.43. The first-order chi connectivity index (χ1) is 10.3. The van der Waals surface area contributed by atoms with E-state index in [0.717, 1.165) is 12.8 Å². The first kappa shape index (κ1) is 15.0. The zero-order chi connectivity index (χ0) is 14.7. The van der Waals surface area contributed by atoms with E-state index in [2.05, 4.69) is 10.1 Å². The standard InChI is InChI=1S/C16H26N2O3/c1-2-20-15(12-6-4-3-5-7-12)16-17-14(21-18-16)10-13(19)11-8-9-11/h11-13,15,19H,2-10H2,1H3. The molecule has 2 aliphatic rings. The number of hydrogen-bond donors (Lipinski definition) is 1. The first-order valence-corrected chi connectivity index (χ1v) is 8.40. The maximum atomic E-state index is 9.98. The number of hydrogen-bond acceptors (Lipinski definition) is 5. The quantitative estimate of drug-likeness (QED) is 0.837. The van der Waals surface area contributed by atoms with Crippen LogP contribution in [-0.4, -0.2) is 28.0 Å². The maximum absolute atomic E-state index is 9.98. The van der Waals surface area contributed by atoms with Crippen molar-refractivity contribution in [3.63, 3.8) is 0 Å². The largest absolute Gasteiger partial charge is 0.392 e. The van der Waals surface area contributed by atoms with Crippen LogP contribution in [0.5, 0.6) is 0 Å². The molecule has 2 fully saturated rings. The average Bonchev–Trinajstić information content (AvgIpc) is 3.27. The van der Waals surface area contributed by atoms with Crippen molar-refractivity contribution < 1.29 is 14.4 Å². The summed E-state index contributed by atoms with van der Waals surface area (Å²) in [6.45, 7) is 2.67. The molecule has 2 saturated carbocycles. The molecule has 5 heteroatoms. The Morgan fingerprint density at radius 3 is 2.62 bits per heavy atom. The molecule has 0 aliphatic heterocycles. The van der Waals surface area contributed by atoms with Gasteiger partial charge in [-0.25, -0.2) is 0 Å². The molecular formula is C16H26N2O3. The van der Waals surface area contributed by atoms with E-state index in [-0.39, 0.29) is 12.2 Å². The monoisotopic (exact) mass is 294 g/mol. The molecule has 0 amide bonds. The van der Waals surface area contributed by atoms with Crippen molar-refractivity contribution >= 4 is 0 Å². The molecule has 1 N–H and O–H groups in total. The van der Waals surface area contributed by atoms with Gasteiger partial charge in [0.2, 0.25) is 11.7 Å². The van der Waals surface area contributed by atoms with E-state index >= 15 is 0 Å². The minimum absolute atomic E-state index is 0.0501. The third-order valence-electron chi connectivity index (χ3n) is 4.71. The minimum Gasteiger partial charge on any atom is -0.392 e. The van der Waals surface area contributed by atoms with Crippen molar-refractivity contribution in [2.24, 2.45) is 11.8 Å². The summed E-state index contributed by atoms with van der Waals surface area (Å²) < 4.78 is 11.2. The van der Waals surface area contributed by atoms with Gasteiger partial charge in [-0.3, -0.25) is 0 Å². The van der Waals surface area contributed by atoms with Gasteiger partial charge in [-0.1, -0.05) is 24.4 Å². The molecule has 0 aromatic carbocycles. The van der Waals surface area contributed by atoms with Gasteiger partial charge in [-0.05, 0) is 44.4 Å². The second kappa shape index (κ2) is 6.88. The molecule has 2 atom stereocenters. The van der Waals surface area contributed by atoms with Gasteiger partial charge in [-0.15, -0.1) is 0 Å². The van der Waals surface area contributed by atoms with Crippen LogP contribution >= 0.6 is 0 Å². The number of aromatic nitrogens is 2. The van der Waals surface area contributed by atoms with E-state index in [1.165, 1.54) is 32.1 Å². The fraction of sp³-hybridized carbons (Fsp3) is 0.875. The highest BCUT2D eigenvalue weighted by Gasteiger charge is 2.33. The van der Waals surface area contributed by atoms with Crippen molar-refractivity contribution in [3.05, 3.63) is 11.7 Å². The van der Waals surface area contributed by atoms with Crippen LogP contribution in [0.3, 0.4) is 0 Å². The smallest absolute Gasteiger partial charge is 0.229 e. The van der Waals surface area contributed by atoms with Crippen LogP contribution in [0.4, 0.5) is 0 Å². The maximum Gasteiger partial charge on any atom is 0.229 e. The summed E-state index contributed by atoms with van der Waals surface area (Å²) >= 11 is 0. The second-order valence-electron chi connectivity index (χ2n) is 6.43. The molecule has 1 aromatic heterocycles. The van der Waals surface area contributed by atoms with Crippen LogP contribution in [-0.2, 0) is 11.2 Å². The third kappa shape index (κ3) is 3.83. The molecule has 1 heterocycles. The predicted molar refractivity (Wildman–Crippen MR) is 77.7 cm³/mol. The van der Waals surface area contributed by atoms with Gasteiger partial charge in [0, 0.05) is 6.61 Å². The van der Waals surface area contributed by atoms with Gasteiger partial charge in [0.05, 0.1) is 12.5 Å². The summed E-state index contributed by atoms with van der Waals surface area (Å²) in [5, 5.41) is 14.1. The van der Waals surface area contributed by atoms with Crippen molar-refractivity contribution in [2.75, 3.05) is 6.61 Å². The molecule has 0 radical (unpaired) electrons. The molecule has 5 nitrogen and oxygen atoms in total. The number of rotatable bonds is 7. The Morgan fingerprint density at radius 2 is 1.95 bits per heavy atom. The normalized spacial score (nSPS) is 23.1. The average molecular weight is 294 g/mol. The van der Waals surface area contributed by atoms with E-state index in [0.29, 0.717) is 36.6 Å². The van der Waals surface area contributed by atoms with Crippen LogP contribution in [0.2, 0.25) is 0 Å². The molecule has 118 valence electrons. The van der Waals surface area contributed by atoms with Gasteiger partial charge < -0.3 is 14.4 Å². The van der Waals surface area contributed by atoms with Gasteiger partial charge in [0.1, 0.15) is 6.10 Å². The van der Waals surface area contributed by atoms with Crippen LogP contribution in [0.25, 0.3) is 0 Å². The van der Waals surface area contributed by atoms with Gasteiger partial charge >= 0.3 is 0 Å². The van der Waals surface area contributed by atoms with Gasteiger partial charge in [0.15, 0.2) is 0 Å². The molecule has 1 aromatic rings. The van der Waals surface area contributed by atoms with E-state index in [4.69, 9.17) is 9.26 Å².